The molecule has 0 saturated carbocycles. The van der Waals surface area contributed by atoms with Gasteiger partial charge in [-0.15, -0.1) is 11.3 Å². The van der Waals surface area contributed by atoms with E-state index in [-0.39, 0.29) is 18.5 Å². The number of hydrogen-bond donors (Lipinski definition) is 2. The van der Waals surface area contributed by atoms with Gasteiger partial charge in [0.15, 0.2) is 5.13 Å². The molecule has 7 nitrogen and oxygen atoms in total. The molecular formula is C19H23N5O2S. The van der Waals surface area contributed by atoms with Gasteiger partial charge in [-0.3, -0.25) is 4.79 Å². The zero-order valence-electron chi connectivity index (χ0n) is 15.3. The topological polar surface area (TPSA) is 90.3 Å². The Hall–Kier alpha value is -2.63. The van der Waals surface area contributed by atoms with E-state index >= 15 is 0 Å². The highest BCUT2D eigenvalue weighted by Crippen LogP contribution is 2.26. The number of ether oxygens (including phenoxy) is 1. The lowest BCUT2D eigenvalue weighted by Crippen LogP contribution is -2.41. The maximum Gasteiger partial charge on any atom is 0.237 e. The molecule has 0 bridgehead atoms. The fourth-order valence-electron chi connectivity index (χ4n) is 3.00. The van der Waals surface area contributed by atoms with Gasteiger partial charge in [0.1, 0.15) is 11.8 Å². The largest absolute Gasteiger partial charge is 0.497 e. The summed E-state index contributed by atoms with van der Waals surface area (Å²) in [4.78, 5) is 18.4. The van der Waals surface area contributed by atoms with E-state index in [0.29, 0.717) is 19.6 Å². The van der Waals surface area contributed by atoms with Crippen molar-refractivity contribution in [2.24, 2.45) is 0 Å². The Morgan fingerprint density at radius 1 is 1.41 bits per heavy atom. The van der Waals surface area contributed by atoms with Crippen LogP contribution in [0.3, 0.4) is 0 Å². The summed E-state index contributed by atoms with van der Waals surface area (Å²) in [5.74, 6) is 0.818. The number of amides is 1. The average Bonchev–Trinajstić information content (AvgIpc) is 3.37. The molecule has 1 amide bonds. The fraction of sp³-hybridized carbons (Fsp3) is 0.421. The fourth-order valence-corrected chi connectivity index (χ4v) is 3.75. The molecule has 8 heteroatoms. The van der Waals surface area contributed by atoms with E-state index in [4.69, 9.17) is 10.00 Å². The molecule has 1 atom stereocenters. The molecule has 3 rings (SSSR count). The normalized spacial score (nSPS) is 16.1. The molecule has 1 aromatic heterocycles. The number of carbonyl (C=O) groups is 1. The molecular weight excluding hydrogens is 362 g/mol. The zero-order valence-corrected chi connectivity index (χ0v) is 16.1. The van der Waals surface area contributed by atoms with E-state index in [0.717, 1.165) is 35.0 Å². The molecule has 2 aromatic rings. The maximum absolute atomic E-state index is 12.1. The van der Waals surface area contributed by atoms with Gasteiger partial charge in [-0.25, -0.2) is 4.98 Å². The molecule has 1 aliphatic heterocycles. The van der Waals surface area contributed by atoms with Crippen molar-refractivity contribution in [2.45, 2.75) is 18.9 Å². The predicted octanol–water partition coefficient (Wildman–Crippen LogP) is 2.33. The van der Waals surface area contributed by atoms with Crippen molar-refractivity contribution in [1.82, 2.24) is 15.2 Å². The van der Waals surface area contributed by atoms with Gasteiger partial charge >= 0.3 is 0 Å². The van der Waals surface area contributed by atoms with Gasteiger partial charge in [-0.1, -0.05) is 0 Å². The van der Waals surface area contributed by atoms with Crippen LogP contribution in [0.15, 0.2) is 29.6 Å². The first-order chi connectivity index (χ1) is 13.2. The standard InChI is InChI=1S/C19H23N5O2S/c1-26-16-6-4-14(5-7-16)17-13-27-19(23-17)22-9-8-21-12-18(25)24-10-2-3-15(24)11-20/h4-7,13,15,21H,2-3,8-10,12H2,1H3,(H,22,23)/t15-/m0/s1. The second kappa shape index (κ2) is 9.35. The van der Waals surface area contributed by atoms with Gasteiger partial charge < -0.3 is 20.3 Å². The molecule has 1 saturated heterocycles. The molecule has 27 heavy (non-hydrogen) atoms. The third-order valence-electron chi connectivity index (χ3n) is 4.47. The summed E-state index contributed by atoms with van der Waals surface area (Å²) >= 11 is 1.55. The molecule has 2 heterocycles. The van der Waals surface area contributed by atoms with E-state index in [2.05, 4.69) is 21.7 Å². The highest BCUT2D eigenvalue weighted by Gasteiger charge is 2.27. The lowest BCUT2D eigenvalue weighted by atomic mass is 10.2. The first-order valence-electron chi connectivity index (χ1n) is 8.95. The number of nitriles is 1. The number of hydrogen-bond acceptors (Lipinski definition) is 7. The van der Waals surface area contributed by atoms with Crippen molar-refractivity contribution in [2.75, 3.05) is 38.6 Å². The Kier molecular flexibility index (Phi) is 6.63. The van der Waals surface area contributed by atoms with E-state index < -0.39 is 0 Å². The van der Waals surface area contributed by atoms with Crippen LogP contribution in [0.2, 0.25) is 0 Å². The van der Waals surface area contributed by atoms with Crippen LogP contribution in [-0.2, 0) is 4.79 Å². The maximum atomic E-state index is 12.1. The van der Waals surface area contributed by atoms with E-state index in [1.54, 1.807) is 23.3 Å². The van der Waals surface area contributed by atoms with Crippen LogP contribution >= 0.6 is 11.3 Å². The van der Waals surface area contributed by atoms with Crippen molar-refractivity contribution >= 4 is 22.4 Å². The molecule has 0 aliphatic carbocycles. The molecule has 0 spiro atoms. The van der Waals surface area contributed by atoms with Crippen LogP contribution in [0.4, 0.5) is 5.13 Å². The number of nitrogens with one attached hydrogen (secondary N) is 2. The summed E-state index contributed by atoms with van der Waals surface area (Å²) in [5, 5.41) is 18.3. The van der Waals surface area contributed by atoms with Crippen molar-refractivity contribution in [3.05, 3.63) is 29.6 Å². The second-order valence-electron chi connectivity index (χ2n) is 6.24. The lowest BCUT2D eigenvalue weighted by Gasteiger charge is -2.19. The third-order valence-corrected chi connectivity index (χ3v) is 5.27. The number of carbonyl (C=O) groups excluding carboxylic acids is 1. The van der Waals surface area contributed by atoms with E-state index in [1.807, 2.05) is 29.6 Å². The van der Waals surface area contributed by atoms with Gasteiger partial charge in [0.05, 0.1) is 25.4 Å². The Morgan fingerprint density at radius 2 is 2.22 bits per heavy atom. The average molecular weight is 385 g/mol. The highest BCUT2D eigenvalue weighted by atomic mass is 32.1. The minimum atomic E-state index is -0.260. The van der Waals surface area contributed by atoms with Crippen LogP contribution in [-0.4, -0.2) is 55.1 Å². The van der Waals surface area contributed by atoms with Crippen LogP contribution in [0, 0.1) is 11.3 Å². The molecule has 0 unspecified atom stereocenters. The first kappa shape index (κ1) is 19.1. The summed E-state index contributed by atoms with van der Waals surface area (Å²) in [6.45, 7) is 2.26. The molecule has 1 aromatic carbocycles. The van der Waals surface area contributed by atoms with Crippen LogP contribution in [0.25, 0.3) is 11.3 Å². The minimum absolute atomic E-state index is 0.00455. The van der Waals surface area contributed by atoms with Crippen molar-refractivity contribution in [1.29, 1.82) is 5.26 Å². The summed E-state index contributed by atoms with van der Waals surface area (Å²) in [6, 6.07) is 9.73. The van der Waals surface area contributed by atoms with Crippen LogP contribution in [0.1, 0.15) is 12.8 Å². The summed E-state index contributed by atoms with van der Waals surface area (Å²) in [5.41, 5.74) is 1.96. The number of benzene rings is 1. The number of rotatable bonds is 8. The van der Waals surface area contributed by atoms with Gasteiger partial charge in [-0.05, 0) is 37.1 Å². The van der Waals surface area contributed by atoms with E-state index in [1.165, 1.54) is 0 Å². The number of likely N-dealkylation sites (tertiary alicyclic amines) is 1. The second-order valence-corrected chi connectivity index (χ2v) is 7.10. The van der Waals surface area contributed by atoms with Gasteiger partial charge in [-0.2, -0.15) is 5.26 Å². The molecule has 1 aliphatic rings. The molecule has 2 N–H and O–H groups in total. The van der Waals surface area contributed by atoms with Crippen molar-refractivity contribution < 1.29 is 9.53 Å². The molecule has 0 radical (unpaired) electrons. The Bertz CT molecular complexity index is 799. The molecule has 142 valence electrons. The summed E-state index contributed by atoms with van der Waals surface area (Å²) in [7, 11) is 1.65. The van der Waals surface area contributed by atoms with Crippen LogP contribution in [0.5, 0.6) is 5.75 Å². The zero-order chi connectivity index (χ0) is 19.1. The number of methoxy groups -OCH3 is 1. The van der Waals surface area contributed by atoms with Crippen molar-refractivity contribution in [3.8, 4) is 23.1 Å². The lowest BCUT2D eigenvalue weighted by molar-refractivity contribution is -0.130. The Balaban J connectivity index is 1.39. The minimum Gasteiger partial charge on any atom is -0.497 e. The smallest absolute Gasteiger partial charge is 0.237 e. The molecule has 1 fully saturated rings. The number of anilines is 1. The number of thiazole rings is 1. The van der Waals surface area contributed by atoms with Gasteiger partial charge in [0, 0.05) is 30.6 Å². The summed E-state index contributed by atoms with van der Waals surface area (Å²) < 4.78 is 5.17. The SMILES string of the molecule is COc1ccc(-c2csc(NCCNCC(=O)N3CCC[C@H]3C#N)n2)cc1. The highest BCUT2D eigenvalue weighted by molar-refractivity contribution is 7.14. The number of aromatic nitrogens is 1. The predicted molar refractivity (Wildman–Crippen MR) is 106 cm³/mol. The third kappa shape index (κ3) is 4.96. The van der Waals surface area contributed by atoms with E-state index in [9.17, 15) is 4.79 Å². The van der Waals surface area contributed by atoms with Gasteiger partial charge in [0.25, 0.3) is 0 Å². The van der Waals surface area contributed by atoms with Crippen LogP contribution < -0.4 is 15.4 Å². The quantitative estimate of drug-likeness (QED) is 0.678. The van der Waals surface area contributed by atoms with Crippen molar-refractivity contribution in [3.63, 3.8) is 0 Å². The van der Waals surface area contributed by atoms with Gasteiger partial charge in [0.2, 0.25) is 5.91 Å². The number of nitrogens with zero attached hydrogens (tertiary/aromatic N) is 3. The monoisotopic (exact) mass is 385 g/mol. The first-order valence-corrected chi connectivity index (χ1v) is 9.83. The summed E-state index contributed by atoms with van der Waals surface area (Å²) in [6.07, 6.45) is 1.69. The Labute approximate surface area is 163 Å². The Morgan fingerprint density at radius 3 is 2.96 bits per heavy atom.